The Bertz CT molecular complexity index is 698. The Morgan fingerprint density at radius 1 is 1.10 bits per heavy atom. The molecule has 0 saturated carbocycles. The third-order valence-electron chi connectivity index (χ3n) is 3.09. The molecule has 0 N–H and O–H groups in total. The second-order valence-corrected chi connectivity index (χ2v) is 4.48. The van der Waals surface area contributed by atoms with E-state index in [-0.39, 0.29) is 0 Å². The van der Waals surface area contributed by atoms with Gasteiger partial charge in [-0.1, -0.05) is 19.9 Å². The van der Waals surface area contributed by atoms with Crippen molar-refractivity contribution in [1.29, 1.82) is 0 Å². The average molecular weight is 267 g/mol. The number of pyridine rings is 1. The maximum absolute atomic E-state index is 4.48. The number of rotatable bonds is 2. The Morgan fingerprint density at radius 3 is 2.60 bits per heavy atom. The Hall–Kier alpha value is -2.16. The molecule has 3 aromatic rings. The van der Waals surface area contributed by atoms with Crippen molar-refractivity contribution in [3.05, 3.63) is 48.3 Å². The fourth-order valence-electron chi connectivity index (χ4n) is 2.09. The van der Waals surface area contributed by atoms with Gasteiger partial charge in [-0.15, -0.1) is 0 Å². The van der Waals surface area contributed by atoms with Crippen molar-refractivity contribution in [3.63, 3.8) is 0 Å². The van der Waals surface area contributed by atoms with Gasteiger partial charge >= 0.3 is 0 Å². The molecule has 2 aromatic heterocycles. The molecule has 0 aliphatic carbocycles. The normalized spacial score (nSPS) is 10.2. The smallest absolute Gasteiger partial charge is 0.0923 e. The van der Waals surface area contributed by atoms with E-state index < -0.39 is 0 Å². The van der Waals surface area contributed by atoms with Crippen molar-refractivity contribution in [2.24, 2.45) is 0 Å². The van der Waals surface area contributed by atoms with Gasteiger partial charge in [0.2, 0.25) is 0 Å². The maximum Gasteiger partial charge on any atom is 0.0923 e. The van der Waals surface area contributed by atoms with E-state index in [4.69, 9.17) is 0 Å². The van der Waals surface area contributed by atoms with Gasteiger partial charge in [0, 0.05) is 29.9 Å². The van der Waals surface area contributed by atoms with E-state index in [2.05, 4.69) is 54.4 Å². The first-order valence-corrected chi connectivity index (χ1v) is 7.16. The molecule has 3 rings (SSSR count). The number of aromatic nitrogens is 3. The first-order valence-electron chi connectivity index (χ1n) is 7.16. The molecule has 1 aromatic carbocycles. The van der Waals surface area contributed by atoms with Gasteiger partial charge in [0.05, 0.1) is 11.2 Å². The van der Waals surface area contributed by atoms with Gasteiger partial charge in [-0.05, 0) is 43.7 Å². The first kappa shape index (κ1) is 14.3. The summed E-state index contributed by atoms with van der Waals surface area (Å²) >= 11 is 0. The predicted molar refractivity (Wildman–Crippen MR) is 84.7 cm³/mol. The van der Waals surface area contributed by atoms with E-state index in [0.29, 0.717) is 0 Å². The van der Waals surface area contributed by atoms with Crippen molar-refractivity contribution >= 4 is 10.9 Å². The monoisotopic (exact) mass is 267 g/mol. The van der Waals surface area contributed by atoms with Gasteiger partial charge in [-0.25, -0.2) is 0 Å². The number of hydrogen-bond donors (Lipinski definition) is 0. The molecule has 0 unspecified atom stereocenters. The summed E-state index contributed by atoms with van der Waals surface area (Å²) in [4.78, 5) is 4.42. The van der Waals surface area contributed by atoms with Crippen LogP contribution in [0.15, 0.2) is 42.7 Å². The molecule has 0 atom stereocenters. The van der Waals surface area contributed by atoms with Crippen LogP contribution < -0.4 is 0 Å². The summed E-state index contributed by atoms with van der Waals surface area (Å²) in [5.74, 6) is 0. The lowest BCUT2D eigenvalue weighted by molar-refractivity contribution is 0.668. The summed E-state index contributed by atoms with van der Waals surface area (Å²) in [5, 5.41) is 5.64. The molecule has 0 fully saturated rings. The highest BCUT2D eigenvalue weighted by atomic mass is 15.3. The number of benzene rings is 1. The zero-order chi connectivity index (χ0) is 14.5. The minimum Gasteiger partial charge on any atom is -0.272 e. The van der Waals surface area contributed by atoms with E-state index in [9.17, 15) is 0 Å². The lowest BCUT2D eigenvalue weighted by Crippen LogP contribution is -1.92. The minimum absolute atomic E-state index is 0.896. The maximum atomic E-state index is 4.48. The van der Waals surface area contributed by atoms with Crippen molar-refractivity contribution in [3.8, 4) is 11.3 Å². The van der Waals surface area contributed by atoms with Crippen molar-refractivity contribution in [2.45, 2.75) is 34.2 Å². The topological polar surface area (TPSA) is 30.7 Å². The van der Waals surface area contributed by atoms with Gasteiger partial charge in [0.15, 0.2) is 0 Å². The molecular formula is C17H21N3. The number of fused-ring (bicyclic) bond motifs is 1. The number of hydrogen-bond acceptors (Lipinski definition) is 2. The number of aryl methyl sites for hydroxylation is 2. The summed E-state index contributed by atoms with van der Waals surface area (Å²) in [6.45, 7) is 9.07. The summed E-state index contributed by atoms with van der Waals surface area (Å²) in [6.07, 6.45) is 3.93. The lowest BCUT2D eigenvalue weighted by atomic mass is 10.1. The third-order valence-corrected chi connectivity index (χ3v) is 3.09. The second kappa shape index (κ2) is 6.33. The van der Waals surface area contributed by atoms with Crippen molar-refractivity contribution < 1.29 is 0 Å². The molecule has 0 amide bonds. The molecule has 0 bridgehead atoms. The quantitative estimate of drug-likeness (QED) is 0.686. The molecule has 0 saturated heterocycles. The summed E-state index contributed by atoms with van der Waals surface area (Å²) in [6, 6.07) is 10.4. The highest BCUT2D eigenvalue weighted by molar-refractivity contribution is 5.83. The van der Waals surface area contributed by atoms with E-state index in [1.165, 1.54) is 5.56 Å². The van der Waals surface area contributed by atoms with Crippen LogP contribution in [0.5, 0.6) is 0 Å². The third kappa shape index (κ3) is 2.87. The SMILES string of the molecule is CC.CCn1cc2cc(-c3cc(C)ccn3)ccc2n1. The highest BCUT2D eigenvalue weighted by Gasteiger charge is 2.04. The molecular weight excluding hydrogens is 246 g/mol. The van der Waals surface area contributed by atoms with Gasteiger partial charge < -0.3 is 0 Å². The van der Waals surface area contributed by atoms with Crippen LogP contribution in [0.4, 0.5) is 0 Å². The Labute approximate surface area is 120 Å². The van der Waals surface area contributed by atoms with Crippen LogP contribution in [0.2, 0.25) is 0 Å². The summed E-state index contributed by atoms with van der Waals surface area (Å²) in [7, 11) is 0. The zero-order valence-corrected chi connectivity index (χ0v) is 12.6. The van der Waals surface area contributed by atoms with E-state index in [1.807, 2.05) is 30.8 Å². The highest BCUT2D eigenvalue weighted by Crippen LogP contribution is 2.22. The molecule has 0 aliphatic heterocycles. The largest absolute Gasteiger partial charge is 0.272 e. The first-order chi connectivity index (χ1) is 9.76. The molecule has 20 heavy (non-hydrogen) atoms. The molecule has 104 valence electrons. The minimum atomic E-state index is 0.896. The fourth-order valence-corrected chi connectivity index (χ4v) is 2.09. The van der Waals surface area contributed by atoms with Crippen LogP contribution in [0.1, 0.15) is 26.3 Å². The van der Waals surface area contributed by atoms with Crippen LogP contribution in [0.25, 0.3) is 22.2 Å². The second-order valence-electron chi connectivity index (χ2n) is 4.48. The fraction of sp³-hybridized carbons (Fsp3) is 0.294. The average Bonchev–Trinajstić information content (AvgIpc) is 2.91. The van der Waals surface area contributed by atoms with Crippen molar-refractivity contribution in [2.75, 3.05) is 0 Å². The summed E-state index contributed by atoms with van der Waals surface area (Å²) in [5.41, 5.74) is 4.42. The molecule has 3 nitrogen and oxygen atoms in total. The van der Waals surface area contributed by atoms with Gasteiger partial charge in [0.25, 0.3) is 0 Å². The van der Waals surface area contributed by atoms with Crippen molar-refractivity contribution in [1.82, 2.24) is 14.8 Å². The van der Waals surface area contributed by atoms with Crippen LogP contribution in [-0.2, 0) is 6.54 Å². The Morgan fingerprint density at radius 2 is 1.90 bits per heavy atom. The zero-order valence-electron chi connectivity index (χ0n) is 12.6. The van der Waals surface area contributed by atoms with Crippen LogP contribution >= 0.6 is 0 Å². The van der Waals surface area contributed by atoms with E-state index in [1.54, 1.807) is 0 Å². The van der Waals surface area contributed by atoms with Gasteiger partial charge in [0.1, 0.15) is 0 Å². The lowest BCUT2D eigenvalue weighted by Gasteiger charge is -2.01. The van der Waals surface area contributed by atoms with E-state index in [0.717, 1.165) is 28.7 Å². The van der Waals surface area contributed by atoms with Gasteiger partial charge in [-0.3, -0.25) is 9.67 Å². The molecule has 0 aliphatic rings. The van der Waals surface area contributed by atoms with Crippen LogP contribution in [-0.4, -0.2) is 14.8 Å². The molecule has 0 radical (unpaired) electrons. The Kier molecular flexibility index (Phi) is 4.51. The standard InChI is InChI=1S/C15H15N3.C2H6/c1-3-18-10-13-9-12(4-5-14(13)17-18)15-8-11(2)6-7-16-15;1-2/h4-10H,3H2,1-2H3;1-2H3. The summed E-state index contributed by atoms with van der Waals surface area (Å²) < 4.78 is 1.96. The molecule has 2 heterocycles. The van der Waals surface area contributed by atoms with Gasteiger partial charge in [-0.2, -0.15) is 5.10 Å². The molecule has 0 spiro atoms. The number of nitrogens with zero attached hydrogens (tertiary/aromatic N) is 3. The van der Waals surface area contributed by atoms with E-state index >= 15 is 0 Å². The Balaban J connectivity index is 0.000000704. The van der Waals surface area contributed by atoms with Crippen LogP contribution in [0.3, 0.4) is 0 Å². The van der Waals surface area contributed by atoms with Crippen LogP contribution in [0, 0.1) is 6.92 Å². The molecule has 3 heteroatoms. The predicted octanol–water partition coefficient (Wildman–Crippen LogP) is 4.45.